The molecular formula is C36H34NO5P. The van der Waals surface area contributed by atoms with Crippen LogP contribution in [0.4, 0.5) is 0 Å². The Morgan fingerprint density at radius 2 is 1.28 bits per heavy atom. The largest absolute Gasteiger partial charge is 0.340 e. The molecule has 6 rings (SSSR count). The minimum absolute atomic E-state index is 0.00229. The van der Waals surface area contributed by atoms with Gasteiger partial charge in [0.05, 0.1) is 5.56 Å². The molecule has 1 unspecified atom stereocenters. The van der Waals surface area contributed by atoms with E-state index in [0.29, 0.717) is 11.3 Å². The Labute approximate surface area is 251 Å². The van der Waals surface area contributed by atoms with Crippen molar-refractivity contribution < 1.29 is 23.9 Å². The molecule has 0 aromatic heterocycles. The van der Waals surface area contributed by atoms with Crippen molar-refractivity contribution in [2.24, 2.45) is 0 Å². The van der Waals surface area contributed by atoms with Gasteiger partial charge in [-0.25, -0.2) is 0 Å². The average Bonchev–Trinajstić information content (AvgIpc) is 3.03. The van der Waals surface area contributed by atoms with E-state index >= 15 is 0 Å². The smallest absolute Gasteiger partial charge is 0.339 e. The normalized spacial score (nSPS) is 17.9. The maximum atomic E-state index is 14.3. The van der Waals surface area contributed by atoms with Gasteiger partial charge in [0.2, 0.25) is 0 Å². The second-order valence-electron chi connectivity index (χ2n) is 11.5. The highest BCUT2D eigenvalue weighted by atomic mass is 31.2. The van der Waals surface area contributed by atoms with Gasteiger partial charge in [0, 0.05) is 18.7 Å². The molecule has 1 fully saturated rings. The van der Waals surface area contributed by atoms with E-state index in [-0.39, 0.29) is 28.6 Å². The van der Waals surface area contributed by atoms with Gasteiger partial charge in [-0.2, -0.15) is 0 Å². The molecule has 0 radical (unpaired) electrons. The van der Waals surface area contributed by atoms with Crippen LogP contribution in [0.2, 0.25) is 0 Å². The molecule has 0 aliphatic heterocycles. The Morgan fingerprint density at radius 3 is 1.93 bits per heavy atom. The van der Waals surface area contributed by atoms with Crippen LogP contribution in [0.15, 0.2) is 109 Å². The van der Waals surface area contributed by atoms with Crippen molar-refractivity contribution in [3.63, 3.8) is 0 Å². The fraction of sp³-hybridized carbons (Fsp3) is 0.222. The molecule has 1 amide bonds. The molecule has 2 N–H and O–H groups in total. The lowest BCUT2D eigenvalue weighted by atomic mass is 9.81. The summed E-state index contributed by atoms with van der Waals surface area (Å²) >= 11 is 0. The molecule has 218 valence electrons. The van der Waals surface area contributed by atoms with E-state index in [2.05, 4.69) is 24.3 Å². The van der Waals surface area contributed by atoms with Crippen LogP contribution in [0.5, 0.6) is 0 Å². The van der Waals surface area contributed by atoms with Crippen LogP contribution in [0.25, 0.3) is 21.5 Å². The summed E-state index contributed by atoms with van der Waals surface area (Å²) in [5.74, 6) is -0.636. The number of carbonyl (C=O) groups is 2. The Bertz CT molecular complexity index is 1850. The predicted octanol–water partition coefficient (Wildman–Crippen LogP) is 7.89. The van der Waals surface area contributed by atoms with Crippen LogP contribution in [-0.4, -0.2) is 39.5 Å². The van der Waals surface area contributed by atoms with Crippen molar-refractivity contribution in [3.8, 4) is 0 Å². The molecule has 1 atom stereocenters. The lowest BCUT2D eigenvalue weighted by molar-refractivity contribution is 0.0685. The molecule has 0 bridgehead atoms. The van der Waals surface area contributed by atoms with Crippen molar-refractivity contribution in [1.82, 2.24) is 4.90 Å². The zero-order valence-corrected chi connectivity index (χ0v) is 24.9. The molecule has 0 saturated heterocycles. The molecule has 43 heavy (non-hydrogen) atoms. The Kier molecular flexibility index (Phi) is 8.02. The van der Waals surface area contributed by atoms with Crippen molar-refractivity contribution in [1.29, 1.82) is 0 Å². The molecule has 1 saturated carbocycles. The lowest BCUT2D eigenvalue weighted by Crippen LogP contribution is -2.40. The summed E-state index contributed by atoms with van der Waals surface area (Å²) in [6.07, 6.45) is 3.58. The first-order chi connectivity index (χ1) is 20.7. The fourth-order valence-electron chi connectivity index (χ4n) is 6.61. The van der Waals surface area contributed by atoms with Gasteiger partial charge in [-0.3, -0.25) is 14.2 Å². The minimum Gasteiger partial charge on any atom is -0.339 e. The van der Waals surface area contributed by atoms with Crippen molar-refractivity contribution >= 4 is 40.8 Å². The molecular weight excluding hydrogens is 557 g/mol. The maximum absolute atomic E-state index is 14.3. The number of carbonyl (C=O) groups excluding carboxylic acids is 2. The van der Waals surface area contributed by atoms with Crippen LogP contribution in [0, 0.1) is 0 Å². The van der Waals surface area contributed by atoms with Crippen LogP contribution in [-0.2, 0) is 4.57 Å². The van der Waals surface area contributed by atoms with E-state index in [0.717, 1.165) is 41.8 Å². The summed E-state index contributed by atoms with van der Waals surface area (Å²) in [7, 11) is -3.23. The van der Waals surface area contributed by atoms with Gasteiger partial charge in [-0.05, 0) is 76.4 Å². The molecule has 1 aliphatic rings. The van der Waals surface area contributed by atoms with Crippen LogP contribution >= 0.6 is 7.60 Å². The summed E-state index contributed by atoms with van der Waals surface area (Å²) in [6, 6.07) is 33.5. The van der Waals surface area contributed by atoms with Gasteiger partial charge in [0.1, 0.15) is 5.66 Å². The first-order valence-corrected chi connectivity index (χ1v) is 16.3. The van der Waals surface area contributed by atoms with E-state index in [4.69, 9.17) is 0 Å². The predicted molar refractivity (Wildman–Crippen MR) is 171 cm³/mol. The third-order valence-corrected chi connectivity index (χ3v) is 10.1. The number of ketones is 1. The van der Waals surface area contributed by atoms with Crippen LogP contribution in [0.1, 0.15) is 69.1 Å². The van der Waals surface area contributed by atoms with Gasteiger partial charge in [-0.1, -0.05) is 97.1 Å². The standard InChI is InChI=1S/C36H34NO5P/c1-37(29-20-18-25(19-21-29)24-10-3-2-4-11-24)36(39)33-23-28-14-6-5-13-27(28)22-32(33)34(38)35(43(40,41)42)31-17-9-15-26-12-7-8-16-30(26)31/h2-17,22-23,25,29,35H,18-21H2,1H3,(H2,40,41,42). The van der Waals surface area contributed by atoms with Gasteiger partial charge >= 0.3 is 7.60 Å². The van der Waals surface area contributed by atoms with E-state index in [1.165, 1.54) is 5.56 Å². The van der Waals surface area contributed by atoms with Crippen LogP contribution < -0.4 is 0 Å². The monoisotopic (exact) mass is 591 g/mol. The van der Waals surface area contributed by atoms with Crippen molar-refractivity contribution in [3.05, 3.63) is 131 Å². The number of amides is 1. The summed E-state index contributed by atoms with van der Waals surface area (Å²) in [6.45, 7) is 0. The highest BCUT2D eigenvalue weighted by molar-refractivity contribution is 7.53. The highest BCUT2D eigenvalue weighted by Crippen LogP contribution is 2.55. The molecule has 1 aliphatic carbocycles. The topological polar surface area (TPSA) is 94.9 Å². The molecule has 0 spiro atoms. The summed E-state index contributed by atoms with van der Waals surface area (Å²) in [5.41, 5.74) is -0.00684. The van der Waals surface area contributed by atoms with Gasteiger partial charge in [0.25, 0.3) is 5.91 Å². The van der Waals surface area contributed by atoms with E-state index in [9.17, 15) is 23.9 Å². The second-order valence-corrected chi connectivity index (χ2v) is 13.2. The number of hydrogen-bond acceptors (Lipinski definition) is 3. The fourth-order valence-corrected chi connectivity index (χ4v) is 7.64. The molecule has 5 aromatic carbocycles. The number of benzene rings is 5. The third-order valence-electron chi connectivity index (χ3n) is 8.92. The van der Waals surface area contributed by atoms with Crippen molar-refractivity contribution in [2.45, 2.75) is 43.3 Å². The first kappa shape index (κ1) is 29.0. The number of fused-ring (bicyclic) bond motifs is 2. The summed E-state index contributed by atoms with van der Waals surface area (Å²) in [5, 5.41) is 2.86. The summed E-state index contributed by atoms with van der Waals surface area (Å²) < 4.78 is 13.0. The van der Waals surface area contributed by atoms with Gasteiger partial charge in [-0.15, -0.1) is 0 Å². The Hall–Kier alpha value is -4.09. The highest BCUT2D eigenvalue weighted by Gasteiger charge is 2.40. The quantitative estimate of drug-likeness (QED) is 0.148. The minimum atomic E-state index is -4.99. The average molecular weight is 592 g/mol. The van der Waals surface area contributed by atoms with Crippen LogP contribution in [0.3, 0.4) is 0 Å². The molecule has 0 heterocycles. The number of hydrogen-bond donors (Lipinski definition) is 2. The van der Waals surface area contributed by atoms with E-state index < -0.39 is 19.0 Å². The second kappa shape index (κ2) is 11.9. The number of Topliss-reactive ketones (excluding diaryl/α,β-unsaturated/α-hetero) is 1. The van der Waals surface area contributed by atoms with E-state index in [1.54, 1.807) is 48.3 Å². The molecule has 5 aromatic rings. The first-order valence-electron chi connectivity index (χ1n) is 14.6. The summed E-state index contributed by atoms with van der Waals surface area (Å²) in [4.78, 5) is 51.4. The Morgan fingerprint density at radius 1 is 0.721 bits per heavy atom. The lowest BCUT2D eigenvalue weighted by Gasteiger charge is -2.35. The zero-order valence-electron chi connectivity index (χ0n) is 24.0. The van der Waals surface area contributed by atoms with Gasteiger partial charge < -0.3 is 14.7 Å². The number of rotatable bonds is 7. The molecule has 6 nitrogen and oxygen atoms in total. The maximum Gasteiger partial charge on any atom is 0.340 e. The molecule has 7 heteroatoms. The van der Waals surface area contributed by atoms with E-state index in [1.807, 2.05) is 48.5 Å². The third kappa shape index (κ3) is 5.79. The van der Waals surface area contributed by atoms with Gasteiger partial charge in [0.15, 0.2) is 5.78 Å². The zero-order chi connectivity index (χ0) is 30.1. The number of nitrogens with zero attached hydrogens (tertiary/aromatic N) is 1. The Balaban J connectivity index is 1.38. The van der Waals surface area contributed by atoms with Crippen molar-refractivity contribution in [2.75, 3.05) is 7.05 Å². The SMILES string of the molecule is CN(C(=O)c1cc2ccccc2cc1C(=O)C(c1cccc2ccccc12)P(=O)(O)O)C1CCC(c2ccccc2)CC1.